The molecular formula is C12H23N. The van der Waals surface area contributed by atoms with E-state index in [4.69, 9.17) is 0 Å². The van der Waals surface area contributed by atoms with Gasteiger partial charge in [-0.2, -0.15) is 0 Å². The predicted octanol–water partition coefficient (Wildman–Crippen LogP) is 3.20. The van der Waals surface area contributed by atoms with Gasteiger partial charge in [-0.1, -0.05) is 26.2 Å². The summed E-state index contributed by atoms with van der Waals surface area (Å²) in [5.41, 5.74) is 0.634. The van der Waals surface area contributed by atoms with Gasteiger partial charge in [0.1, 0.15) is 0 Å². The fraction of sp³-hybridized carbons (Fsp3) is 1.00. The number of hydrogen-bond donors (Lipinski definition) is 0. The summed E-state index contributed by atoms with van der Waals surface area (Å²) in [4.78, 5) is 2.80. The van der Waals surface area contributed by atoms with E-state index in [9.17, 15) is 0 Å². The molecule has 0 bridgehead atoms. The van der Waals surface area contributed by atoms with Crippen molar-refractivity contribution < 1.29 is 0 Å². The van der Waals surface area contributed by atoms with Crippen LogP contribution in [0.15, 0.2) is 0 Å². The fourth-order valence-corrected chi connectivity index (χ4v) is 3.29. The first kappa shape index (κ1) is 9.51. The lowest BCUT2D eigenvalue weighted by atomic mass is 9.78. The summed E-state index contributed by atoms with van der Waals surface area (Å²) < 4.78 is 0. The topological polar surface area (TPSA) is 3.24 Å². The smallest absolute Gasteiger partial charge is 0.0207 e. The van der Waals surface area contributed by atoms with Gasteiger partial charge in [0.15, 0.2) is 0 Å². The largest absolute Gasteiger partial charge is 0.298 e. The van der Waals surface area contributed by atoms with E-state index >= 15 is 0 Å². The zero-order valence-corrected chi connectivity index (χ0v) is 9.02. The number of rotatable bonds is 2. The highest BCUT2D eigenvalue weighted by molar-refractivity contribution is 4.93. The molecule has 1 aliphatic carbocycles. The minimum absolute atomic E-state index is 0.634. The van der Waals surface area contributed by atoms with Crippen molar-refractivity contribution in [3.63, 3.8) is 0 Å². The molecule has 0 amide bonds. The first-order chi connectivity index (χ1) is 6.37. The zero-order valence-electron chi connectivity index (χ0n) is 9.02. The Kier molecular flexibility index (Phi) is 2.92. The van der Waals surface area contributed by atoms with Crippen molar-refractivity contribution in [2.75, 3.05) is 13.1 Å². The maximum atomic E-state index is 2.80. The summed E-state index contributed by atoms with van der Waals surface area (Å²) in [5.74, 6) is 0. The third-order valence-corrected chi connectivity index (χ3v) is 4.22. The normalized spacial score (nSPS) is 29.3. The summed E-state index contributed by atoms with van der Waals surface area (Å²) in [7, 11) is 0. The van der Waals surface area contributed by atoms with Gasteiger partial charge in [-0.3, -0.25) is 4.90 Å². The van der Waals surface area contributed by atoms with Crippen LogP contribution in [-0.2, 0) is 0 Å². The molecule has 0 unspecified atom stereocenters. The first-order valence-electron chi connectivity index (χ1n) is 6.12. The molecule has 0 N–H and O–H groups in total. The highest BCUT2D eigenvalue weighted by Gasteiger charge is 2.37. The van der Waals surface area contributed by atoms with E-state index < -0.39 is 0 Å². The lowest BCUT2D eigenvalue weighted by molar-refractivity contribution is 0.0689. The van der Waals surface area contributed by atoms with Crippen molar-refractivity contribution in [3.05, 3.63) is 0 Å². The van der Waals surface area contributed by atoms with E-state index in [0.717, 1.165) is 0 Å². The Morgan fingerprint density at radius 3 is 2.08 bits per heavy atom. The summed E-state index contributed by atoms with van der Waals surface area (Å²) in [6.45, 7) is 5.16. The standard InChI is InChI=1S/C12H23N/c1-2-12(8-4-3-5-9-12)13-10-6-7-11-13/h2-11H2,1H3. The van der Waals surface area contributed by atoms with Crippen LogP contribution < -0.4 is 0 Å². The van der Waals surface area contributed by atoms with E-state index in [1.165, 1.54) is 64.5 Å². The molecule has 1 aliphatic heterocycles. The third kappa shape index (κ3) is 1.76. The van der Waals surface area contributed by atoms with Crippen LogP contribution in [0.25, 0.3) is 0 Å². The summed E-state index contributed by atoms with van der Waals surface area (Å²) in [6.07, 6.45) is 11.7. The summed E-state index contributed by atoms with van der Waals surface area (Å²) >= 11 is 0. The molecular weight excluding hydrogens is 158 g/mol. The van der Waals surface area contributed by atoms with Crippen LogP contribution in [0.1, 0.15) is 58.3 Å². The van der Waals surface area contributed by atoms with Crippen LogP contribution in [0, 0.1) is 0 Å². The van der Waals surface area contributed by atoms with E-state index in [-0.39, 0.29) is 0 Å². The fourth-order valence-electron chi connectivity index (χ4n) is 3.29. The summed E-state index contributed by atoms with van der Waals surface area (Å²) in [5, 5.41) is 0. The highest BCUT2D eigenvalue weighted by Crippen LogP contribution is 2.38. The van der Waals surface area contributed by atoms with Crippen molar-refractivity contribution in [3.8, 4) is 0 Å². The van der Waals surface area contributed by atoms with Gasteiger partial charge >= 0.3 is 0 Å². The van der Waals surface area contributed by atoms with Gasteiger partial charge in [-0.05, 0) is 45.2 Å². The second-order valence-corrected chi connectivity index (χ2v) is 4.83. The molecule has 1 nitrogen and oxygen atoms in total. The molecule has 2 aliphatic rings. The molecule has 0 aromatic carbocycles. The molecule has 0 spiro atoms. The van der Waals surface area contributed by atoms with Crippen LogP contribution in [0.4, 0.5) is 0 Å². The molecule has 1 saturated heterocycles. The van der Waals surface area contributed by atoms with Crippen molar-refractivity contribution in [1.29, 1.82) is 0 Å². The lowest BCUT2D eigenvalue weighted by Crippen LogP contribution is -2.48. The van der Waals surface area contributed by atoms with E-state index in [0.29, 0.717) is 5.54 Å². The van der Waals surface area contributed by atoms with Crippen molar-refractivity contribution in [1.82, 2.24) is 4.90 Å². The molecule has 2 fully saturated rings. The average Bonchev–Trinajstić information content (AvgIpc) is 2.72. The SMILES string of the molecule is CCC1(N2CCCC2)CCCCC1. The Hall–Kier alpha value is -0.0400. The maximum absolute atomic E-state index is 2.80. The Bertz CT molecular complexity index is 153. The van der Waals surface area contributed by atoms with Crippen LogP contribution in [0.3, 0.4) is 0 Å². The molecule has 1 saturated carbocycles. The van der Waals surface area contributed by atoms with Gasteiger partial charge in [0.2, 0.25) is 0 Å². The Morgan fingerprint density at radius 1 is 0.923 bits per heavy atom. The number of nitrogens with zero attached hydrogens (tertiary/aromatic N) is 1. The van der Waals surface area contributed by atoms with Gasteiger partial charge in [0.05, 0.1) is 0 Å². The van der Waals surface area contributed by atoms with Gasteiger partial charge in [-0.25, -0.2) is 0 Å². The minimum atomic E-state index is 0.634. The Balaban J connectivity index is 2.03. The van der Waals surface area contributed by atoms with Crippen molar-refractivity contribution >= 4 is 0 Å². The zero-order chi connectivity index (χ0) is 9.15. The van der Waals surface area contributed by atoms with Crippen molar-refractivity contribution in [2.45, 2.75) is 63.8 Å². The lowest BCUT2D eigenvalue weighted by Gasteiger charge is -2.44. The quantitative estimate of drug-likeness (QED) is 0.632. The Morgan fingerprint density at radius 2 is 1.54 bits per heavy atom. The molecule has 0 aromatic heterocycles. The van der Waals surface area contributed by atoms with E-state index in [1.54, 1.807) is 0 Å². The Labute approximate surface area is 82.5 Å². The molecule has 1 heteroatoms. The minimum Gasteiger partial charge on any atom is -0.298 e. The van der Waals surface area contributed by atoms with Crippen LogP contribution in [-0.4, -0.2) is 23.5 Å². The first-order valence-corrected chi connectivity index (χ1v) is 6.12. The predicted molar refractivity (Wildman–Crippen MR) is 56.9 cm³/mol. The number of hydrogen-bond acceptors (Lipinski definition) is 1. The van der Waals surface area contributed by atoms with E-state index in [2.05, 4.69) is 11.8 Å². The average molecular weight is 181 g/mol. The van der Waals surface area contributed by atoms with Crippen molar-refractivity contribution in [2.24, 2.45) is 0 Å². The van der Waals surface area contributed by atoms with Gasteiger partial charge in [0, 0.05) is 5.54 Å². The summed E-state index contributed by atoms with van der Waals surface area (Å²) in [6, 6.07) is 0. The molecule has 2 rings (SSSR count). The third-order valence-electron chi connectivity index (χ3n) is 4.22. The second-order valence-electron chi connectivity index (χ2n) is 4.83. The second kappa shape index (κ2) is 4.00. The molecule has 76 valence electrons. The molecule has 0 radical (unpaired) electrons. The van der Waals surface area contributed by atoms with Crippen LogP contribution in [0.5, 0.6) is 0 Å². The van der Waals surface area contributed by atoms with Crippen LogP contribution >= 0.6 is 0 Å². The molecule has 13 heavy (non-hydrogen) atoms. The van der Waals surface area contributed by atoms with E-state index in [1.807, 2.05) is 0 Å². The molecule has 0 atom stereocenters. The van der Waals surface area contributed by atoms with Crippen LogP contribution in [0.2, 0.25) is 0 Å². The monoisotopic (exact) mass is 181 g/mol. The van der Waals surface area contributed by atoms with Gasteiger partial charge in [-0.15, -0.1) is 0 Å². The molecule has 0 aromatic rings. The van der Waals surface area contributed by atoms with Gasteiger partial charge in [0.25, 0.3) is 0 Å². The highest BCUT2D eigenvalue weighted by atomic mass is 15.2. The maximum Gasteiger partial charge on any atom is 0.0207 e. The number of likely N-dealkylation sites (tertiary alicyclic amines) is 1. The molecule has 1 heterocycles. The van der Waals surface area contributed by atoms with Gasteiger partial charge < -0.3 is 0 Å².